The van der Waals surface area contributed by atoms with Gasteiger partial charge in [-0.1, -0.05) is 6.07 Å². The fourth-order valence-corrected chi connectivity index (χ4v) is 5.40. The van der Waals surface area contributed by atoms with E-state index in [1.165, 1.54) is 23.4 Å². The molecule has 0 spiro atoms. The molecule has 5 nitrogen and oxygen atoms in total. The number of fused-ring (bicyclic) bond motifs is 1. The molecule has 2 aliphatic heterocycles. The van der Waals surface area contributed by atoms with Crippen LogP contribution in [0.4, 0.5) is 10.8 Å². The minimum absolute atomic E-state index is 0.570. The quantitative estimate of drug-likeness (QED) is 0.841. The van der Waals surface area contributed by atoms with Gasteiger partial charge in [0.2, 0.25) is 10.0 Å². The molecular weight excluding hydrogens is 342 g/mol. The lowest BCUT2D eigenvalue weighted by Crippen LogP contribution is -2.34. The number of aryl methyl sites for hydroxylation is 1. The van der Waals surface area contributed by atoms with Gasteiger partial charge >= 0.3 is 0 Å². The summed E-state index contributed by atoms with van der Waals surface area (Å²) in [5, 5.41) is 3.20. The van der Waals surface area contributed by atoms with Crippen molar-refractivity contribution < 1.29 is 8.42 Å². The zero-order valence-electron chi connectivity index (χ0n) is 13.7. The van der Waals surface area contributed by atoms with Gasteiger partial charge in [0, 0.05) is 30.6 Å². The van der Waals surface area contributed by atoms with Gasteiger partial charge in [0.05, 0.1) is 17.6 Å². The molecule has 3 heterocycles. The average molecular weight is 364 g/mol. The lowest BCUT2D eigenvalue weighted by atomic mass is 10.00. The van der Waals surface area contributed by atoms with Gasteiger partial charge in [-0.3, -0.25) is 4.31 Å². The lowest BCUT2D eigenvalue weighted by molar-refractivity contribution is 0.592. The van der Waals surface area contributed by atoms with E-state index < -0.39 is 10.0 Å². The number of anilines is 2. The van der Waals surface area contributed by atoms with Crippen LogP contribution in [0.5, 0.6) is 0 Å². The van der Waals surface area contributed by atoms with Crippen molar-refractivity contribution in [3.8, 4) is 11.3 Å². The van der Waals surface area contributed by atoms with Gasteiger partial charge in [-0.25, -0.2) is 13.4 Å². The Morgan fingerprint density at radius 2 is 1.92 bits per heavy atom. The molecule has 0 radical (unpaired) electrons. The maximum atomic E-state index is 12.0. The molecule has 0 saturated carbocycles. The standard InChI is InChI=1S/C17H21N3O2S2/c1-24(21,22)20-10-4-5-14-11-13(6-7-16(14)20)15-12-23-17(18-15)19-8-2-3-9-19/h6-7,11-12H,2-5,8-10H2,1H3. The summed E-state index contributed by atoms with van der Waals surface area (Å²) >= 11 is 1.69. The number of sulfonamides is 1. The van der Waals surface area contributed by atoms with Crippen molar-refractivity contribution in [2.45, 2.75) is 25.7 Å². The fourth-order valence-electron chi connectivity index (χ4n) is 3.52. The molecule has 0 N–H and O–H groups in total. The molecule has 0 bridgehead atoms. The average Bonchev–Trinajstić information content (AvgIpc) is 3.23. The molecule has 1 saturated heterocycles. The Kier molecular flexibility index (Phi) is 4.00. The molecule has 128 valence electrons. The van der Waals surface area contributed by atoms with Crippen molar-refractivity contribution in [1.29, 1.82) is 0 Å². The van der Waals surface area contributed by atoms with E-state index in [2.05, 4.69) is 16.3 Å². The van der Waals surface area contributed by atoms with Crippen LogP contribution in [0.3, 0.4) is 0 Å². The van der Waals surface area contributed by atoms with Crippen LogP contribution in [0.15, 0.2) is 23.6 Å². The predicted octanol–water partition coefficient (Wildman–Crippen LogP) is 3.12. The summed E-state index contributed by atoms with van der Waals surface area (Å²) in [4.78, 5) is 7.14. The third-order valence-electron chi connectivity index (χ3n) is 4.72. The third-order valence-corrected chi connectivity index (χ3v) is 6.80. The largest absolute Gasteiger partial charge is 0.348 e. The Morgan fingerprint density at radius 3 is 2.67 bits per heavy atom. The van der Waals surface area contributed by atoms with Crippen molar-refractivity contribution in [3.63, 3.8) is 0 Å². The SMILES string of the molecule is CS(=O)(=O)N1CCCc2cc(-c3csc(N4CCCC4)n3)ccc21. The van der Waals surface area contributed by atoms with E-state index in [1.54, 1.807) is 11.3 Å². The van der Waals surface area contributed by atoms with Crippen molar-refractivity contribution in [2.24, 2.45) is 0 Å². The molecule has 0 atom stereocenters. The van der Waals surface area contributed by atoms with Crippen molar-refractivity contribution >= 4 is 32.2 Å². The van der Waals surface area contributed by atoms with E-state index in [-0.39, 0.29) is 0 Å². The minimum atomic E-state index is -3.21. The number of hydrogen-bond acceptors (Lipinski definition) is 5. The molecule has 0 aliphatic carbocycles. The van der Waals surface area contributed by atoms with Gasteiger partial charge in [0.1, 0.15) is 0 Å². The summed E-state index contributed by atoms with van der Waals surface area (Å²) in [5.41, 5.74) is 3.98. The molecular formula is C17H21N3O2S2. The highest BCUT2D eigenvalue weighted by atomic mass is 32.2. The van der Waals surface area contributed by atoms with Crippen molar-refractivity contribution in [1.82, 2.24) is 4.98 Å². The molecule has 1 aromatic carbocycles. The highest BCUT2D eigenvalue weighted by Crippen LogP contribution is 2.35. The van der Waals surface area contributed by atoms with Gasteiger partial charge in [-0.2, -0.15) is 0 Å². The van der Waals surface area contributed by atoms with E-state index in [0.29, 0.717) is 6.54 Å². The topological polar surface area (TPSA) is 53.5 Å². The van der Waals surface area contributed by atoms with Crippen molar-refractivity contribution in [2.75, 3.05) is 35.1 Å². The van der Waals surface area contributed by atoms with Crippen molar-refractivity contribution in [3.05, 3.63) is 29.1 Å². The van der Waals surface area contributed by atoms with E-state index in [4.69, 9.17) is 4.98 Å². The fraction of sp³-hybridized carbons (Fsp3) is 0.471. The van der Waals surface area contributed by atoms with Crippen LogP contribution in [0, 0.1) is 0 Å². The predicted molar refractivity (Wildman–Crippen MR) is 99.5 cm³/mol. The first-order chi connectivity index (χ1) is 11.5. The first-order valence-electron chi connectivity index (χ1n) is 8.34. The van der Waals surface area contributed by atoms with Crippen LogP contribution in [0.1, 0.15) is 24.8 Å². The number of aromatic nitrogens is 1. The summed E-state index contributed by atoms with van der Waals surface area (Å²) in [6, 6.07) is 6.03. The van der Waals surface area contributed by atoms with Crippen LogP contribution in [0.25, 0.3) is 11.3 Å². The van der Waals surface area contributed by atoms with Crippen LogP contribution in [-0.2, 0) is 16.4 Å². The monoisotopic (exact) mass is 363 g/mol. The molecule has 1 fully saturated rings. The summed E-state index contributed by atoms with van der Waals surface area (Å²) < 4.78 is 25.4. The Bertz CT molecular complexity index is 854. The number of rotatable bonds is 3. The van der Waals surface area contributed by atoms with Crippen LogP contribution in [0.2, 0.25) is 0 Å². The van der Waals surface area contributed by atoms with Crippen LogP contribution < -0.4 is 9.21 Å². The molecule has 7 heteroatoms. The van der Waals surface area contributed by atoms with Gasteiger partial charge in [0.25, 0.3) is 0 Å². The Hall–Kier alpha value is -1.60. The third kappa shape index (κ3) is 2.91. The van der Waals surface area contributed by atoms with Gasteiger partial charge < -0.3 is 4.90 Å². The molecule has 1 aromatic heterocycles. The van der Waals surface area contributed by atoms with E-state index in [0.717, 1.165) is 53.6 Å². The smallest absolute Gasteiger partial charge is 0.232 e. The highest BCUT2D eigenvalue weighted by molar-refractivity contribution is 7.92. The van der Waals surface area contributed by atoms with Gasteiger partial charge in [-0.05, 0) is 43.4 Å². The Labute approximate surface area is 147 Å². The molecule has 24 heavy (non-hydrogen) atoms. The van der Waals surface area contributed by atoms with Gasteiger partial charge in [0.15, 0.2) is 5.13 Å². The zero-order valence-corrected chi connectivity index (χ0v) is 15.4. The molecule has 2 aromatic rings. The number of thiazole rings is 1. The molecule has 0 unspecified atom stereocenters. The second kappa shape index (κ2) is 6.04. The Morgan fingerprint density at radius 1 is 1.12 bits per heavy atom. The normalized spacial score (nSPS) is 18.0. The maximum absolute atomic E-state index is 12.0. The van der Waals surface area contributed by atoms with Crippen LogP contribution in [-0.4, -0.2) is 39.3 Å². The van der Waals surface area contributed by atoms with E-state index in [9.17, 15) is 8.42 Å². The summed E-state index contributed by atoms with van der Waals surface area (Å²) in [5.74, 6) is 0. The first-order valence-corrected chi connectivity index (χ1v) is 11.1. The van der Waals surface area contributed by atoms with E-state index >= 15 is 0 Å². The maximum Gasteiger partial charge on any atom is 0.232 e. The number of benzene rings is 1. The van der Waals surface area contributed by atoms with Crippen LogP contribution >= 0.6 is 11.3 Å². The first kappa shape index (κ1) is 15.9. The summed E-state index contributed by atoms with van der Waals surface area (Å²) in [6.07, 6.45) is 5.54. The molecule has 0 amide bonds. The second-order valence-corrected chi connectivity index (χ2v) is 9.24. The number of nitrogens with zero attached hydrogens (tertiary/aromatic N) is 3. The Balaban J connectivity index is 1.66. The number of hydrogen-bond donors (Lipinski definition) is 0. The van der Waals surface area contributed by atoms with Gasteiger partial charge in [-0.15, -0.1) is 11.3 Å². The summed E-state index contributed by atoms with van der Waals surface area (Å²) in [7, 11) is -3.21. The zero-order chi connectivity index (χ0) is 16.7. The molecule has 4 rings (SSSR count). The lowest BCUT2D eigenvalue weighted by Gasteiger charge is -2.29. The molecule has 2 aliphatic rings. The van der Waals surface area contributed by atoms with E-state index in [1.807, 2.05) is 12.1 Å². The second-order valence-electron chi connectivity index (χ2n) is 6.49. The summed E-state index contributed by atoms with van der Waals surface area (Å²) in [6.45, 7) is 2.77. The highest BCUT2D eigenvalue weighted by Gasteiger charge is 2.24. The minimum Gasteiger partial charge on any atom is -0.348 e.